The monoisotopic (exact) mass is 414 g/mol. The zero-order chi connectivity index (χ0) is 21.0. The second-order valence-electron chi connectivity index (χ2n) is 9.10. The summed E-state index contributed by atoms with van der Waals surface area (Å²) in [6.07, 6.45) is 10.6. The molecular weight excluding hydrogens is 383 g/mol. The van der Waals surface area contributed by atoms with Crippen molar-refractivity contribution in [2.75, 3.05) is 0 Å². The van der Waals surface area contributed by atoms with Crippen molar-refractivity contribution < 1.29 is 22.0 Å². The molecule has 2 saturated carbocycles. The summed E-state index contributed by atoms with van der Waals surface area (Å²) in [6.45, 7) is 2.32. The van der Waals surface area contributed by atoms with Crippen molar-refractivity contribution in [2.24, 2.45) is 17.8 Å². The van der Waals surface area contributed by atoms with E-state index in [4.69, 9.17) is 0 Å². The van der Waals surface area contributed by atoms with E-state index in [0.29, 0.717) is 11.5 Å². The molecule has 0 spiro atoms. The molecule has 162 valence electrons. The van der Waals surface area contributed by atoms with E-state index in [1.165, 1.54) is 25.7 Å². The molecule has 2 aliphatic carbocycles. The van der Waals surface area contributed by atoms with Gasteiger partial charge in [-0.3, -0.25) is 0 Å². The minimum Gasteiger partial charge on any atom is -0.206 e. The number of allylic oxidation sites excluding steroid dienone is 2. The highest BCUT2D eigenvalue weighted by molar-refractivity contribution is 5.30. The summed E-state index contributed by atoms with van der Waals surface area (Å²) < 4.78 is 65.9. The molecule has 0 saturated heterocycles. The van der Waals surface area contributed by atoms with Crippen LogP contribution in [0.4, 0.5) is 22.0 Å². The Hall–Kier alpha value is -1.39. The summed E-state index contributed by atoms with van der Waals surface area (Å²) >= 11 is 0. The maximum absolute atomic E-state index is 13.9. The molecule has 0 unspecified atom stereocenters. The average molecular weight is 415 g/mol. The maximum Gasteiger partial charge on any atom is 0.422 e. The molecule has 1 aromatic rings. The van der Waals surface area contributed by atoms with E-state index in [2.05, 4.69) is 19.1 Å². The predicted octanol–water partition coefficient (Wildman–Crippen LogP) is 8.42. The molecule has 1 aromatic carbocycles. The SMILES string of the molecule is CC1CCC(/C=C/CCC2CCC(c3cc(F)c(C(F)(F)F)c(F)c3)CC2)CC1. The van der Waals surface area contributed by atoms with Gasteiger partial charge in [-0.15, -0.1) is 0 Å². The molecule has 2 aliphatic rings. The van der Waals surface area contributed by atoms with Crippen LogP contribution in [0, 0.1) is 29.4 Å². The fraction of sp³-hybridized carbons (Fsp3) is 0.667. The van der Waals surface area contributed by atoms with Crippen molar-refractivity contribution >= 4 is 0 Å². The fourth-order valence-electron chi connectivity index (χ4n) is 4.98. The molecule has 0 heterocycles. The van der Waals surface area contributed by atoms with Crippen LogP contribution in [0.1, 0.15) is 88.2 Å². The predicted molar refractivity (Wildman–Crippen MR) is 106 cm³/mol. The Morgan fingerprint density at radius 2 is 1.48 bits per heavy atom. The van der Waals surface area contributed by atoms with E-state index in [1.54, 1.807) is 0 Å². The summed E-state index contributed by atoms with van der Waals surface area (Å²) in [4.78, 5) is 0. The van der Waals surface area contributed by atoms with Crippen LogP contribution < -0.4 is 0 Å². The van der Waals surface area contributed by atoms with Gasteiger partial charge >= 0.3 is 6.18 Å². The number of benzene rings is 1. The Labute approximate surface area is 170 Å². The molecule has 5 heteroatoms. The first kappa shape index (κ1) is 22.3. The lowest BCUT2D eigenvalue weighted by Crippen LogP contribution is -2.16. The average Bonchev–Trinajstić information content (AvgIpc) is 2.65. The highest BCUT2D eigenvalue weighted by atomic mass is 19.4. The molecule has 0 bridgehead atoms. The van der Waals surface area contributed by atoms with E-state index in [0.717, 1.165) is 62.5 Å². The fourth-order valence-corrected chi connectivity index (χ4v) is 4.98. The number of halogens is 5. The van der Waals surface area contributed by atoms with Crippen LogP contribution >= 0.6 is 0 Å². The van der Waals surface area contributed by atoms with Crippen molar-refractivity contribution in [1.82, 2.24) is 0 Å². The number of rotatable bonds is 5. The number of hydrogen-bond donors (Lipinski definition) is 0. The van der Waals surface area contributed by atoms with Gasteiger partial charge in [-0.1, -0.05) is 31.9 Å². The van der Waals surface area contributed by atoms with Gasteiger partial charge in [-0.2, -0.15) is 13.2 Å². The Bertz CT molecular complexity index is 667. The highest BCUT2D eigenvalue weighted by Gasteiger charge is 2.38. The van der Waals surface area contributed by atoms with Crippen LogP contribution in [0.2, 0.25) is 0 Å². The lowest BCUT2D eigenvalue weighted by molar-refractivity contribution is -0.142. The van der Waals surface area contributed by atoms with Crippen molar-refractivity contribution in [1.29, 1.82) is 0 Å². The zero-order valence-electron chi connectivity index (χ0n) is 17.1. The van der Waals surface area contributed by atoms with Crippen LogP contribution in [0.5, 0.6) is 0 Å². The minimum atomic E-state index is -5.01. The van der Waals surface area contributed by atoms with Crippen molar-refractivity contribution in [3.63, 3.8) is 0 Å². The number of alkyl halides is 3. The summed E-state index contributed by atoms with van der Waals surface area (Å²) in [5.74, 6) is -0.884. The molecular formula is C24H31F5. The van der Waals surface area contributed by atoms with Crippen LogP contribution in [-0.4, -0.2) is 0 Å². The van der Waals surface area contributed by atoms with Crippen LogP contribution in [0.15, 0.2) is 24.3 Å². The lowest BCUT2D eigenvalue weighted by atomic mass is 9.77. The third-order valence-corrected chi connectivity index (χ3v) is 6.88. The van der Waals surface area contributed by atoms with Gasteiger partial charge < -0.3 is 0 Å². The third kappa shape index (κ3) is 6.05. The summed E-state index contributed by atoms with van der Waals surface area (Å²) in [5, 5.41) is 0. The van der Waals surface area contributed by atoms with Gasteiger partial charge in [0.05, 0.1) is 0 Å². The van der Waals surface area contributed by atoms with Gasteiger partial charge in [0.2, 0.25) is 0 Å². The molecule has 0 atom stereocenters. The van der Waals surface area contributed by atoms with E-state index < -0.39 is 23.4 Å². The van der Waals surface area contributed by atoms with E-state index in [1.807, 2.05) is 0 Å². The third-order valence-electron chi connectivity index (χ3n) is 6.88. The minimum absolute atomic E-state index is 0.0581. The summed E-state index contributed by atoms with van der Waals surface area (Å²) in [7, 11) is 0. The molecule has 0 nitrogen and oxygen atoms in total. The highest BCUT2D eigenvalue weighted by Crippen LogP contribution is 2.40. The largest absolute Gasteiger partial charge is 0.422 e. The Kier molecular flexibility index (Phi) is 7.39. The number of hydrogen-bond acceptors (Lipinski definition) is 0. The molecule has 0 amide bonds. The molecule has 3 rings (SSSR count). The van der Waals surface area contributed by atoms with Crippen molar-refractivity contribution in [3.05, 3.63) is 47.0 Å². The van der Waals surface area contributed by atoms with Crippen molar-refractivity contribution in [2.45, 2.75) is 83.2 Å². The maximum atomic E-state index is 13.9. The summed E-state index contributed by atoms with van der Waals surface area (Å²) in [6, 6.07) is 1.76. The van der Waals surface area contributed by atoms with E-state index in [9.17, 15) is 22.0 Å². The standard InChI is InChI=1S/C24H31F5/c1-16-6-8-17(9-7-16)4-2-3-5-18-10-12-19(13-11-18)20-14-21(25)23(22(26)15-20)24(27,28)29/h2,4,14-19H,3,5-13H2,1H3/b4-2+. The lowest BCUT2D eigenvalue weighted by Gasteiger charge is -2.29. The van der Waals surface area contributed by atoms with Gasteiger partial charge in [-0.25, -0.2) is 8.78 Å². The first-order chi connectivity index (χ1) is 13.7. The van der Waals surface area contributed by atoms with E-state index >= 15 is 0 Å². The Morgan fingerprint density at radius 1 is 0.897 bits per heavy atom. The molecule has 0 radical (unpaired) electrons. The smallest absolute Gasteiger partial charge is 0.206 e. The topological polar surface area (TPSA) is 0 Å². The van der Waals surface area contributed by atoms with Crippen LogP contribution in [0.25, 0.3) is 0 Å². The van der Waals surface area contributed by atoms with Gasteiger partial charge in [0.25, 0.3) is 0 Å². The first-order valence-electron chi connectivity index (χ1n) is 11.0. The molecule has 0 aliphatic heterocycles. The first-order valence-corrected chi connectivity index (χ1v) is 11.0. The van der Waals surface area contributed by atoms with Gasteiger partial charge in [0, 0.05) is 0 Å². The molecule has 2 fully saturated rings. The van der Waals surface area contributed by atoms with Crippen LogP contribution in [0.3, 0.4) is 0 Å². The summed E-state index contributed by atoms with van der Waals surface area (Å²) in [5.41, 5.74) is -1.42. The molecule has 29 heavy (non-hydrogen) atoms. The zero-order valence-corrected chi connectivity index (χ0v) is 17.1. The van der Waals surface area contributed by atoms with Crippen molar-refractivity contribution in [3.8, 4) is 0 Å². The van der Waals surface area contributed by atoms with Gasteiger partial charge in [0.15, 0.2) is 0 Å². The second kappa shape index (κ2) is 9.61. The second-order valence-corrected chi connectivity index (χ2v) is 9.10. The Balaban J connectivity index is 1.46. The molecule has 0 N–H and O–H groups in total. The quantitative estimate of drug-likeness (QED) is 0.335. The van der Waals surface area contributed by atoms with Gasteiger partial charge in [0.1, 0.15) is 17.2 Å². The molecule has 0 aromatic heterocycles. The Morgan fingerprint density at radius 3 is 2.03 bits per heavy atom. The van der Waals surface area contributed by atoms with Crippen LogP contribution in [-0.2, 0) is 6.18 Å². The normalized spacial score (nSPS) is 28.8. The van der Waals surface area contributed by atoms with E-state index in [-0.39, 0.29) is 5.92 Å². The van der Waals surface area contributed by atoms with Gasteiger partial charge in [-0.05, 0) is 92.7 Å².